The Labute approximate surface area is 199 Å². The molecule has 3 heterocycles. The fourth-order valence-electron chi connectivity index (χ4n) is 4.44. The van der Waals surface area contributed by atoms with Crippen LogP contribution in [-0.2, 0) is 9.59 Å². The molecular weight excluding hydrogens is 454 g/mol. The molecule has 4 amide bonds. The van der Waals surface area contributed by atoms with Crippen LogP contribution in [-0.4, -0.2) is 45.7 Å². The van der Waals surface area contributed by atoms with Gasteiger partial charge in [-0.1, -0.05) is 12.1 Å². The lowest BCUT2D eigenvalue weighted by atomic mass is 9.98. The quantitative estimate of drug-likeness (QED) is 0.588. The highest BCUT2D eigenvalue weighted by molar-refractivity contribution is 7.13. The molecule has 172 valence electrons. The minimum atomic E-state index is -0.905. The summed E-state index contributed by atoms with van der Waals surface area (Å²) in [4.78, 5) is 58.2. The molecule has 9 nitrogen and oxygen atoms in total. The highest BCUT2D eigenvalue weighted by atomic mass is 32.1. The zero-order valence-corrected chi connectivity index (χ0v) is 19.1. The van der Waals surface area contributed by atoms with Gasteiger partial charge in [0.2, 0.25) is 11.8 Å². The number of hydrogen-bond acceptors (Lipinski definition) is 6. The van der Waals surface area contributed by atoms with Crippen molar-refractivity contribution in [2.24, 2.45) is 0 Å². The van der Waals surface area contributed by atoms with Crippen molar-refractivity contribution in [3.05, 3.63) is 71.2 Å². The Morgan fingerprint density at radius 1 is 1.09 bits per heavy atom. The van der Waals surface area contributed by atoms with Gasteiger partial charge in [0.05, 0.1) is 11.3 Å². The number of carbonyl (C=O) groups excluding carboxylic acids is 4. The molecule has 1 fully saturated rings. The van der Waals surface area contributed by atoms with E-state index in [1.807, 2.05) is 6.92 Å². The van der Waals surface area contributed by atoms with Crippen LogP contribution < -0.4 is 15.5 Å². The standard InChI is InChI=1S/C24H21N5O4S/c1-24-11-10-20(31)29(24)18-5-3-2-4-17(18)22(33)28(24)14-19(30)26-16-8-6-15(7-9-16)21(32)27-23-25-12-13-34-23/h2-9,12-13H,10-11,14H2,1H3,(H,26,30)(H,25,27,32). The first-order chi connectivity index (χ1) is 16.4. The number of rotatable bonds is 5. The Morgan fingerprint density at radius 3 is 2.59 bits per heavy atom. The molecule has 2 aromatic carbocycles. The van der Waals surface area contributed by atoms with Crippen LogP contribution in [0.5, 0.6) is 0 Å². The summed E-state index contributed by atoms with van der Waals surface area (Å²) in [6.07, 6.45) is 2.36. The average molecular weight is 476 g/mol. The predicted octanol–water partition coefficient (Wildman–Crippen LogP) is 3.33. The molecule has 0 aliphatic carbocycles. The minimum Gasteiger partial charge on any atom is -0.325 e. The first-order valence-electron chi connectivity index (χ1n) is 10.7. The van der Waals surface area contributed by atoms with Gasteiger partial charge in [0, 0.05) is 29.2 Å². The number of thiazole rings is 1. The van der Waals surface area contributed by atoms with Crippen LogP contribution >= 0.6 is 11.3 Å². The van der Waals surface area contributed by atoms with Crippen LogP contribution in [0.1, 0.15) is 40.5 Å². The van der Waals surface area contributed by atoms with Crippen molar-refractivity contribution >= 4 is 51.5 Å². The van der Waals surface area contributed by atoms with E-state index in [1.54, 1.807) is 65.0 Å². The van der Waals surface area contributed by atoms with E-state index >= 15 is 0 Å². The number of fused-ring (bicyclic) bond motifs is 3. The smallest absolute Gasteiger partial charge is 0.258 e. The molecule has 3 aromatic rings. The van der Waals surface area contributed by atoms with E-state index in [1.165, 1.54) is 16.2 Å². The number of amides is 4. The fraction of sp³-hybridized carbons (Fsp3) is 0.208. The molecule has 1 unspecified atom stereocenters. The molecule has 10 heteroatoms. The maximum atomic E-state index is 13.3. The van der Waals surface area contributed by atoms with E-state index in [0.29, 0.717) is 40.5 Å². The van der Waals surface area contributed by atoms with Crippen molar-refractivity contribution in [1.82, 2.24) is 9.88 Å². The van der Waals surface area contributed by atoms with Crippen molar-refractivity contribution in [2.45, 2.75) is 25.4 Å². The molecule has 0 saturated carbocycles. The zero-order chi connectivity index (χ0) is 23.9. The Bertz CT molecular complexity index is 1290. The largest absolute Gasteiger partial charge is 0.325 e. The second kappa shape index (κ2) is 8.38. The van der Waals surface area contributed by atoms with Gasteiger partial charge in [-0.3, -0.25) is 29.4 Å². The molecule has 2 N–H and O–H groups in total. The third-order valence-electron chi connectivity index (χ3n) is 6.13. The lowest BCUT2D eigenvalue weighted by molar-refractivity contribution is -0.120. The fourth-order valence-corrected chi connectivity index (χ4v) is 4.97. The van der Waals surface area contributed by atoms with Gasteiger partial charge in [0.1, 0.15) is 12.2 Å². The Hall–Kier alpha value is -4.05. The third-order valence-corrected chi connectivity index (χ3v) is 6.82. The van der Waals surface area contributed by atoms with Crippen LogP contribution in [0.15, 0.2) is 60.1 Å². The number of aromatic nitrogens is 1. The summed E-state index contributed by atoms with van der Waals surface area (Å²) in [5.41, 5.74) is 0.991. The van der Waals surface area contributed by atoms with Crippen LogP contribution in [0.4, 0.5) is 16.5 Å². The summed E-state index contributed by atoms with van der Waals surface area (Å²) in [5, 5.41) is 7.74. The van der Waals surface area contributed by atoms with Crippen LogP contribution in [0.2, 0.25) is 0 Å². The van der Waals surface area contributed by atoms with Crippen molar-refractivity contribution in [1.29, 1.82) is 0 Å². The predicted molar refractivity (Wildman–Crippen MR) is 128 cm³/mol. The molecule has 2 aliphatic rings. The number of benzene rings is 2. The molecule has 1 saturated heterocycles. The summed E-state index contributed by atoms with van der Waals surface area (Å²) >= 11 is 1.32. The van der Waals surface area contributed by atoms with Gasteiger partial charge < -0.3 is 10.2 Å². The van der Waals surface area contributed by atoms with Gasteiger partial charge in [-0.15, -0.1) is 11.3 Å². The van der Waals surface area contributed by atoms with E-state index in [9.17, 15) is 19.2 Å². The van der Waals surface area contributed by atoms with E-state index in [2.05, 4.69) is 15.6 Å². The van der Waals surface area contributed by atoms with E-state index in [4.69, 9.17) is 0 Å². The van der Waals surface area contributed by atoms with Gasteiger partial charge in [0.25, 0.3) is 11.8 Å². The van der Waals surface area contributed by atoms with E-state index < -0.39 is 11.6 Å². The molecule has 0 radical (unpaired) electrons. The van der Waals surface area contributed by atoms with Gasteiger partial charge in [-0.2, -0.15) is 0 Å². The van der Waals surface area contributed by atoms with Crippen molar-refractivity contribution in [3.8, 4) is 0 Å². The number of carbonyl (C=O) groups is 4. The third kappa shape index (κ3) is 3.71. The maximum absolute atomic E-state index is 13.3. The van der Waals surface area contributed by atoms with Crippen molar-refractivity contribution < 1.29 is 19.2 Å². The number of nitrogens with one attached hydrogen (secondary N) is 2. The van der Waals surface area contributed by atoms with Gasteiger partial charge in [-0.25, -0.2) is 4.98 Å². The molecule has 34 heavy (non-hydrogen) atoms. The SMILES string of the molecule is CC12CCC(=O)N1c1ccccc1C(=O)N2CC(=O)Nc1ccc(C(=O)Nc2nccs2)cc1. The average Bonchev–Trinajstić information content (AvgIpc) is 3.45. The van der Waals surface area contributed by atoms with Gasteiger partial charge >= 0.3 is 0 Å². The monoisotopic (exact) mass is 475 g/mol. The lowest BCUT2D eigenvalue weighted by Crippen LogP contribution is -2.63. The first kappa shape index (κ1) is 21.8. The minimum absolute atomic E-state index is 0.0699. The van der Waals surface area contributed by atoms with E-state index in [0.717, 1.165) is 0 Å². The zero-order valence-electron chi connectivity index (χ0n) is 18.3. The molecule has 0 bridgehead atoms. The summed E-state index contributed by atoms with van der Waals surface area (Å²) in [7, 11) is 0. The highest BCUT2D eigenvalue weighted by Gasteiger charge is 2.53. The highest BCUT2D eigenvalue weighted by Crippen LogP contribution is 2.43. The Balaban J connectivity index is 1.30. The first-order valence-corrected chi connectivity index (χ1v) is 11.6. The van der Waals surface area contributed by atoms with Gasteiger partial charge in [-0.05, 0) is 49.7 Å². The lowest BCUT2D eigenvalue weighted by Gasteiger charge is -2.48. The second-order valence-electron chi connectivity index (χ2n) is 8.27. The van der Waals surface area contributed by atoms with Crippen molar-refractivity contribution in [3.63, 3.8) is 0 Å². The van der Waals surface area contributed by atoms with Crippen LogP contribution in [0.3, 0.4) is 0 Å². The Kier molecular flexibility index (Phi) is 5.37. The van der Waals surface area contributed by atoms with Crippen LogP contribution in [0, 0.1) is 0 Å². The summed E-state index contributed by atoms with van der Waals surface area (Å²) in [6.45, 7) is 1.61. The summed E-state index contributed by atoms with van der Waals surface area (Å²) < 4.78 is 0. The maximum Gasteiger partial charge on any atom is 0.258 e. The molecule has 5 rings (SSSR count). The molecule has 0 spiro atoms. The molecular formula is C24H21N5O4S. The normalized spacial score (nSPS) is 19.0. The number of para-hydroxylation sites is 1. The second-order valence-corrected chi connectivity index (χ2v) is 9.17. The summed E-state index contributed by atoms with van der Waals surface area (Å²) in [6, 6.07) is 13.4. The number of hydrogen-bond donors (Lipinski definition) is 2. The molecule has 2 aliphatic heterocycles. The summed E-state index contributed by atoms with van der Waals surface area (Å²) in [5.74, 6) is -1.05. The molecule has 1 atom stereocenters. The van der Waals surface area contributed by atoms with Crippen LogP contribution in [0.25, 0.3) is 0 Å². The number of anilines is 3. The van der Waals surface area contributed by atoms with Gasteiger partial charge in [0.15, 0.2) is 5.13 Å². The van der Waals surface area contributed by atoms with E-state index in [-0.39, 0.29) is 24.3 Å². The van der Waals surface area contributed by atoms with Crippen molar-refractivity contribution in [2.75, 3.05) is 22.1 Å². The topological polar surface area (TPSA) is 112 Å². The number of nitrogens with zero attached hydrogens (tertiary/aromatic N) is 3. The molecule has 1 aromatic heterocycles. The Morgan fingerprint density at radius 2 is 1.85 bits per heavy atom.